The van der Waals surface area contributed by atoms with Crippen LogP contribution < -0.4 is 4.90 Å². The summed E-state index contributed by atoms with van der Waals surface area (Å²) in [5.74, 6) is -1.61. The van der Waals surface area contributed by atoms with E-state index in [-0.39, 0.29) is 29.1 Å². The number of amides is 2. The van der Waals surface area contributed by atoms with Gasteiger partial charge in [0.25, 0.3) is 5.91 Å². The maximum absolute atomic E-state index is 14.4. The summed E-state index contributed by atoms with van der Waals surface area (Å²) < 4.78 is 34.7. The molecule has 1 aliphatic carbocycles. The fourth-order valence-electron chi connectivity index (χ4n) is 5.49. The Labute approximate surface area is 230 Å². The van der Waals surface area contributed by atoms with E-state index in [0.717, 1.165) is 41.7 Å². The molecule has 39 heavy (non-hydrogen) atoms. The zero-order valence-corrected chi connectivity index (χ0v) is 24.1. The molecule has 208 valence electrons. The molecule has 1 aliphatic heterocycles. The number of carbonyl (C=O) groups excluding carboxylic acids is 3. The third-order valence-electron chi connectivity index (χ3n) is 7.92. The van der Waals surface area contributed by atoms with E-state index in [4.69, 9.17) is 4.74 Å². The van der Waals surface area contributed by atoms with Gasteiger partial charge in [0.05, 0.1) is 29.7 Å². The lowest BCUT2D eigenvalue weighted by Gasteiger charge is -2.29. The number of imide groups is 1. The zero-order chi connectivity index (χ0) is 28.5. The number of methoxy groups -OCH3 is 1. The molecule has 1 fully saturated rings. The van der Waals surface area contributed by atoms with Crippen molar-refractivity contribution < 1.29 is 27.5 Å². The summed E-state index contributed by atoms with van der Waals surface area (Å²) in [6.45, 7) is 7.43. The smallest absolute Gasteiger partial charge is 0.337 e. The van der Waals surface area contributed by atoms with Gasteiger partial charge < -0.3 is 4.74 Å². The van der Waals surface area contributed by atoms with Crippen LogP contribution in [0.2, 0.25) is 0 Å². The molecule has 1 heterocycles. The van der Waals surface area contributed by atoms with Gasteiger partial charge in [-0.2, -0.15) is 4.31 Å². The highest BCUT2D eigenvalue weighted by molar-refractivity contribution is 7.89. The third kappa shape index (κ3) is 5.56. The van der Waals surface area contributed by atoms with Crippen molar-refractivity contribution in [1.82, 2.24) is 4.31 Å². The van der Waals surface area contributed by atoms with Gasteiger partial charge in [-0.05, 0) is 106 Å². The lowest BCUT2D eigenvalue weighted by atomic mass is 9.97. The molecule has 0 saturated carbocycles. The van der Waals surface area contributed by atoms with E-state index < -0.39 is 33.8 Å². The van der Waals surface area contributed by atoms with Gasteiger partial charge in [0.1, 0.15) is 6.04 Å². The highest BCUT2D eigenvalue weighted by Gasteiger charge is 2.47. The lowest BCUT2D eigenvalue weighted by molar-refractivity contribution is -0.122. The Morgan fingerprint density at radius 1 is 1.03 bits per heavy atom. The first-order valence-corrected chi connectivity index (χ1v) is 14.7. The van der Waals surface area contributed by atoms with Crippen LogP contribution in [0.1, 0.15) is 71.1 Å². The Hall–Kier alpha value is -3.30. The number of hydrogen-bond donors (Lipinski definition) is 0. The Morgan fingerprint density at radius 2 is 1.67 bits per heavy atom. The first-order chi connectivity index (χ1) is 18.5. The highest BCUT2D eigenvalue weighted by atomic mass is 32.2. The number of nitrogens with zero attached hydrogens (tertiary/aromatic N) is 2. The quantitative estimate of drug-likeness (QED) is 0.262. The minimum Gasteiger partial charge on any atom is -0.465 e. The number of aryl methyl sites for hydroxylation is 2. The van der Waals surface area contributed by atoms with Crippen molar-refractivity contribution >= 4 is 33.5 Å². The molecular formula is C30H36N2O6S. The summed E-state index contributed by atoms with van der Waals surface area (Å²) in [6.07, 6.45) is 6.47. The van der Waals surface area contributed by atoms with Crippen LogP contribution in [0.4, 0.5) is 5.69 Å². The molecule has 2 aromatic rings. The van der Waals surface area contributed by atoms with Crippen molar-refractivity contribution in [2.75, 3.05) is 18.6 Å². The van der Waals surface area contributed by atoms with Crippen molar-refractivity contribution in [1.29, 1.82) is 0 Å². The molecule has 4 rings (SSSR count). The first kappa shape index (κ1) is 28.7. The molecule has 9 heteroatoms. The van der Waals surface area contributed by atoms with E-state index in [1.54, 1.807) is 13.8 Å². The molecular weight excluding hydrogens is 516 g/mol. The Balaban J connectivity index is 1.74. The fourth-order valence-corrected chi connectivity index (χ4v) is 7.65. The predicted molar refractivity (Wildman–Crippen MR) is 149 cm³/mol. The van der Waals surface area contributed by atoms with Crippen molar-refractivity contribution in [2.24, 2.45) is 0 Å². The minimum atomic E-state index is -4.13. The zero-order valence-electron chi connectivity index (χ0n) is 23.2. The van der Waals surface area contributed by atoms with Crippen LogP contribution in [0.5, 0.6) is 0 Å². The van der Waals surface area contributed by atoms with Gasteiger partial charge in [-0.25, -0.2) is 18.1 Å². The van der Waals surface area contributed by atoms with Crippen LogP contribution in [-0.2, 0) is 24.3 Å². The number of ether oxygens (including phenoxy) is 1. The molecule has 1 saturated heterocycles. The maximum Gasteiger partial charge on any atom is 0.337 e. The fraction of sp³-hybridized carbons (Fsp3) is 0.433. The number of allylic oxidation sites excluding steroid dienone is 1. The minimum absolute atomic E-state index is 0.110. The number of esters is 1. The molecule has 8 nitrogen and oxygen atoms in total. The van der Waals surface area contributed by atoms with Gasteiger partial charge >= 0.3 is 5.97 Å². The Morgan fingerprint density at radius 3 is 2.23 bits per heavy atom. The Kier molecular flexibility index (Phi) is 8.42. The second-order valence-corrected chi connectivity index (χ2v) is 12.2. The van der Waals surface area contributed by atoms with Crippen molar-refractivity contribution in [3.63, 3.8) is 0 Å². The topological polar surface area (TPSA) is 101 Å². The number of sulfonamides is 1. The standard InChI is InChI=1S/C30H36N2O6S/c1-19-17-20(2)22(4)28(21(19)3)39(36,37)31(16-15-23-9-7-6-8-10-23)26-18-27(33)32(29(26)34)25-13-11-24(12-14-25)30(35)38-5/h9,11-14,17,26H,6-8,10,15-16,18H2,1-5H3. The maximum atomic E-state index is 14.4. The summed E-state index contributed by atoms with van der Waals surface area (Å²) in [7, 11) is -2.86. The summed E-state index contributed by atoms with van der Waals surface area (Å²) in [6, 6.07) is 6.74. The van der Waals surface area contributed by atoms with Crippen molar-refractivity contribution in [3.8, 4) is 0 Å². The number of benzene rings is 2. The average Bonchev–Trinajstić information content (AvgIpc) is 3.20. The van der Waals surface area contributed by atoms with Gasteiger partial charge in [-0.15, -0.1) is 0 Å². The average molecular weight is 553 g/mol. The lowest BCUT2D eigenvalue weighted by Crippen LogP contribution is -2.46. The van der Waals surface area contributed by atoms with Gasteiger partial charge in [0.15, 0.2) is 0 Å². The van der Waals surface area contributed by atoms with E-state index in [9.17, 15) is 22.8 Å². The second-order valence-electron chi connectivity index (χ2n) is 10.4. The van der Waals surface area contributed by atoms with Gasteiger partial charge in [-0.1, -0.05) is 17.7 Å². The van der Waals surface area contributed by atoms with E-state index in [1.807, 2.05) is 19.9 Å². The molecule has 2 aliphatic rings. The molecule has 1 atom stereocenters. The highest BCUT2D eigenvalue weighted by Crippen LogP contribution is 2.34. The number of rotatable bonds is 8. The number of carbonyl (C=O) groups is 3. The predicted octanol–water partition coefficient (Wildman–Crippen LogP) is 4.92. The van der Waals surface area contributed by atoms with E-state index in [0.29, 0.717) is 17.5 Å². The van der Waals surface area contributed by atoms with Crippen LogP contribution >= 0.6 is 0 Å². The molecule has 0 bridgehead atoms. The normalized spacial score (nSPS) is 18.1. The molecule has 0 N–H and O–H groups in total. The van der Waals surface area contributed by atoms with E-state index in [1.165, 1.54) is 41.3 Å². The van der Waals surface area contributed by atoms with E-state index >= 15 is 0 Å². The van der Waals surface area contributed by atoms with Gasteiger partial charge in [0, 0.05) is 6.54 Å². The molecule has 2 amide bonds. The van der Waals surface area contributed by atoms with Gasteiger partial charge in [-0.3, -0.25) is 9.59 Å². The summed E-state index contributed by atoms with van der Waals surface area (Å²) in [5, 5.41) is 0. The van der Waals surface area contributed by atoms with Crippen molar-refractivity contribution in [3.05, 3.63) is 69.8 Å². The van der Waals surface area contributed by atoms with E-state index in [2.05, 4.69) is 6.08 Å². The van der Waals surface area contributed by atoms with Crippen molar-refractivity contribution in [2.45, 2.75) is 77.2 Å². The van der Waals surface area contributed by atoms with Crippen LogP contribution in [0.3, 0.4) is 0 Å². The summed E-state index contributed by atoms with van der Waals surface area (Å²) in [5.41, 5.74) is 4.75. The molecule has 0 radical (unpaired) electrons. The van der Waals surface area contributed by atoms with Crippen LogP contribution in [0.25, 0.3) is 0 Å². The Bertz CT molecular complexity index is 1420. The largest absolute Gasteiger partial charge is 0.465 e. The molecule has 2 aromatic carbocycles. The SMILES string of the molecule is COC(=O)c1ccc(N2C(=O)CC(N(CCC3=CCCCC3)S(=O)(=O)c3c(C)c(C)cc(C)c3C)C2=O)cc1. The first-order valence-electron chi connectivity index (χ1n) is 13.3. The monoisotopic (exact) mass is 552 g/mol. The molecule has 1 unspecified atom stereocenters. The van der Waals surface area contributed by atoms with Crippen LogP contribution in [-0.4, -0.2) is 50.2 Å². The van der Waals surface area contributed by atoms with Crippen LogP contribution in [0.15, 0.2) is 46.9 Å². The second kappa shape index (κ2) is 11.4. The van der Waals surface area contributed by atoms with Gasteiger partial charge in [0.2, 0.25) is 15.9 Å². The number of hydrogen-bond acceptors (Lipinski definition) is 6. The van der Waals surface area contributed by atoms with Crippen LogP contribution in [0, 0.1) is 27.7 Å². The molecule has 0 aromatic heterocycles. The number of anilines is 1. The third-order valence-corrected chi connectivity index (χ3v) is 10.1. The summed E-state index contributed by atoms with van der Waals surface area (Å²) >= 11 is 0. The summed E-state index contributed by atoms with van der Waals surface area (Å²) in [4.78, 5) is 40.0. The molecule has 0 spiro atoms.